The van der Waals surface area contributed by atoms with E-state index < -0.39 is 0 Å². The molecule has 0 fully saturated rings. The molecule has 0 aliphatic rings. The maximum absolute atomic E-state index is 6.02. The van der Waals surface area contributed by atoms with Crippen LogP contribution >= 0.6 is 23.2 Å². The fourth-order valence-corrected chi connectivity index (χ4v) is 1.99. The van der Waals surface area contributed by atoms with Crippen molar-refractivity contribution < 1.29 is 14.2 Å². The molecule has 1 heterocycles. The van der Waals surface area contributed by atoms with Crippen LogP contribution in [0.15, 0.2) is 18.3 Å². The van der Waals surface area contributed by atoms with Crippen molar-refractivity contribution in [3.8, 4) is 17.2 Å². The van der Waals surface area contributed by atoms with Gasteiger partial charge in [-0.05, 0) is 11.6 Å². The lowest BCUT2D eigenvalue weighted by molar-refractivity contribution is 0.324. The van der Waals surface area contributed by atoms with Gasteiger partial charge in [0.25, 0.3) is 0 Å². The number of methoxy groups -OCH3 is 3. The highest BCUT2D eigenvalue weighted by atomic mass is 35.5. The molecule has 6 nitrogen and oxygen atoms in total. The van der Waals surface area contributed by atoms with Crippen molar-refractivity contribution in [3.63, 3.8) is 0 Å². The summed E-state index contributed by atoms with van der Waals surface area (Å²) in [7, 11) is 4.61. The molecule has 1 aromatic heterocycles. The first-order chi connectivity index (χ1) is 10.1. The number of nitrogens with one attached hydrogen (secondary N) is 1. The van der Waals surface area contributed by atoms with Gasteiger partial charge in [0.2, 0.25) is 11.0 Å². The zero-order valence-corrected chi connectivity index (χ0v) is 13.1. The largest absolute Gasteiger partial charge is 0.493 e. The number of hydrogen-bond acceptors (Lipinski definition) is 6. The van der Waals surface area contributed by atoms with E-state index in [1.54, 1.807) is 12.1 Å². The highest BCUT2D eigenvalue weighted by Crippen LogP contribution is 2.40. The van der Waals surface area contributed by atoms with Crippen molar-refractivity contribution in [2.45, 2.75) is 0 Å². The van der Waals surface area contributed by atoms with E-state index >= 15 is 0 Å². The third-order valence-electron chi connectivity index (χ3n) is 2.64. The SMILES string of the molecule is COc1cc(Nc2nc(Cl)ncc2Cl)cc(OC)c1OC. The van der Waals surface area contributed by atoms with Crippen LogP contribution in [0.5, 0.6) is 17.2 Å². The monoisotopic (exact) mass is 329 g/mol. The van der Waals surface area contributed by atoms with Gasteiger partial charge in [0.15, 0.2) is 17.3 Å². The van der Waals surface area contributed by atoms with Crippen molar-refractivity contribution in [2.24, 2.45) is 0 Å². The number of anilines is 2. The van der Waals surface area contributed by atoms with Crippen LogP contribution in [0.4, 0.5) is 11.5 Å². The van der Waals surface area contributed by atoms with Crippen LogP contribution in [0.3, 0.4) is 0 Å². The molecule has 0 saturated carbocycles. The molecule has 8 heteroatoms. The van der Waals surface area contributed by atoms with Crippen molar-refractivity contribution in [3.05, 3.63) is 28.6 Å². The molecule has 112 valence electrons. The van der Waals surface area contributed by atoms with Crippen LogP contribution < -0.4 is 19.5 Å². The normalized spacial score (nSPS) is 10.1. The molecule has 2 rings (SSSR count). The Kier molecular flexibility index (Phi) is 4.93. The van der Waals surface area contributed by atoms with Crippen LogP contribution in [0.1, 0.15) is 0 Å². The molecule has 0 spiro atoms. The molecule has 0 aliphatic carbocycles. The Morgan fingerprint density at radius 2 is 1.62 bits per heavy atom. The fourth-order valence-electron chi connectivity index (χ4n) is 1.72. The molecular formula is C13H13Cl2N3O3. The summed E-state index contributed by atoms with van der Waals surface area (Å²) >= 11 is 11.8. The number of rotatable bonds is 5. The summed E-state index contributed by atoms with van der Waals surface area (Å²) in [6, 6.07) is 3.46. The Balaban J connectivity index is 2.42. The molecule has 0 bridgehead atoms. The third kappa shape index (κ3) is 3.40. The molecule has 1 aromatic carbocycles. The van der Waals surface area contributed by atoms with E-state index in [1.807, 2.05) is 0 Å². The fraction of sp³-hybridized carbons (Fsp3) is 0.231. The minimum absolute atomic E-state index is 0.0920. The summed E-state index contributed by atoms with van der Waals surface area (Å²) in [5.41, 5.74) is 0.654. The molecule has 0 radical (unpaired) electrons. The van der Waals surface area contributed by atoms with Crippen molar-refractivity contribution in [1.82, 2.24) is 9.97 Å². The highest BCUT2D eigenvalue weighted by molar-refractivity contribution is 6.33. The van der Waals surface area contributed by atoms with Gasteiger partial charge in [-0.2, -0.15) is 4.98 Å². The van der Waals surface area contributed by atoms with Crippen molar-refractivity contribution in [1.29, 1.82) is 0 Å². The van der Waals surface area contributed by atoms with Gasteiger partial charge in [-0.3, -0.25) is 0 Å². The van der Waals surface area contributed by atoms with E-state index in [-0.39, 0.29) is 5.28 Å². The molecule has 2 aromatic rings. The first kappa shape index (κ1) is 15.5. The maximum Gasteiger partial charge on any atom is 0.224 e. The Hall–Kier alpha value is -1.92. The van der Waals surface area contributed by atoms with E-state index in [1.165, 1.54) is 27.5 Å². The third-order valence-corrected chi connectivity index (χ3v) is 3.10. The maximum atomic E-state index is 6.02. The molecule has 0 amide bonds. The number of benzene rings is 1. The van der Waals surface area contributed by atoms with Crippen LogP contribution in [0.25, 0.3) is 0 Å². The molecule has 0 saturated heterocycles. The second kappa shape index (κ2) is 6.69. The van der Waals surface area contributed by atoms with Gasteiger partial charge in [-0.25, -0.2) is 4.98 Å². The molecule has 0 atom stereocenters. The van der Waals surface area contributed by atoms with E-state index in [4.69, 9.17) is 37.4 Å². The van der Waals surface area contributed by atoms with Crippen molar-refractivity contribution >= 4 is 34.7 Å². The molecular weight excluding hydrogens is 317 g/mol. The van der Waals surface area contributed by atoms with Gasteiger partial charge in [0, 0.05) is 17.8 Å². The number of nitrogens with zero attached hydrogens (tertiary/aromatic N) is 2. The number of hydrogen-bond donors (Lipinski definition) is 1. The zero-order chi connectivity index (χ0) is 15.4. The predicted molar refractivity (Wildman–Crippen MR) is 81.4 cm³/mol. The average Bonchev–Trinajstić information content (AvgIpc) is 2.49. The van der Waals surface area contributed by atoms with Crippen molar-refractivity contribution in [2.75, 3.05) is 26.6 Å². The first-order valence-corrected chi connectivity index (χ1v) is 6.59. The Bertz CT molecular complexity index is 628. The average molecular weight is 330 g/mol. The van der Waals surface area contributed by atoms with Gasteiger partial charge in [0.1, 0.15) is 5.02 Å². The molecule has 0 unspecified atom stereocenters. The summed E-state index contributed by atoms with van der Waals surface area (Å²) < 4.78 is 15.8. The summed E-state index contributed by atoms with van der Waals surface area (Å²) in [5, 5.41) is 3.46. The summed E-state index contributed by atoms with van der Waals surface area (Å²) in [6.45, 7) is 0. The predicted octanol–water partition coefficient (Wildman–Crippen LogP) is 3.55. The van der Waals surface area contributed by atoms with Gasteiger partial charge in [0.05, 0.1) is 27.5 Å². The quantitative estimate of drug-likeness (QED) is 0.846. The van der Waals surface area contributed by atoms with E-state index in [0.29, 0.717) is 33.8 Å². The molecule has 1 N–H and O–H groups in total. The van der Waals surface area contributed by atoms with E-state index in [0.717, 1.165) is 0 Å². The van der Waals surface area contributed by atoms with Crippen LogP contribution in [-0.2, 0) is 0 Å². The number of halogens is 2. The zero-order valence-electron chi connectivity index (χ0n) is 11.6. The minimum Gasteiger partial charge on any atom is -0.493 e. The lowest BCUT2D eigenvalue weighted by Gasteiger charge is -2.15. The van der Waals surface area contributed by atoms with Gasteiger partial charge in [-0.1, -0.05) is 11.6 Å². The number of aromatic nitrogens is 2. The van der Waals surface area contributed by atoms with E-state index in [9.17, 15) is 0 Å². The molecule has 0 aliphatic heterocycles. The lowest BCUT2D eigenvalue weighted by atomic mass is 10.2. The van der Waals surface area contributed by atoms with E-state index in [2.05, 4.69) is 15.3 Å². The first-order valence-electron chi connectivity index (χ1n) is 5.84. The summed E-state index contributed by atoms with van der Waals surface area (Å²) in [4.78, 5) is 7.81. The van der Waals surface area contributed by atoms with Gasteiger partial charge >= 0.3 is 0 Å². The second-order valence-electron chi connectivity index (χ2n) is 3.87. The van der Waals surface area contributed by atoms with Crippen LogP contribution in [-0.4, -0.2) is 31.3 Å². The van der Waals surface area contributed by atoms with Gasteiger partial charge < -0.3 is 19.5 Å². The van der Waals surface area contributed by atoms with Gasteiger partial charge in [-0.15, -0.1) is 0 Å². The number of ether oxygens (including phenoxy) is 3. The minimum atomic E-state index is 0.0920. The smallest absolute Gasteiger partial charge is 0.224 e. The second-order valence-corrected chi connectivity index (χ2v) is 4.62. The topological polar surface area (TPSA) is 65.5 Å². The Morgan fingerprint density at radius 3 is 2.14 bits per heavy atom. The van der Waals surface area contributed by atoms with Crippen LogP contribution in [0, 0.1) is 0 Å². The highest BCUT2D eigenvalue weighted by Gasteiger charge is 2.14. The lowest BCUT2D eigenvalue weighted by Crippen LogP contribution is -2.00. The standard InChI is InChI=1S/C13H13Cl2N3O3/c1-19-9-4-7(5-10(20-2)11(9)21-3)17-12-8(14)6-16-13(15)18-12/h4-6H,1-3H3,(H,16,17,18). The summed E-state index contributed by atoms with van der Waals surface area (Å²) in [6.07, 6.45) is 1.41. The Labute approximate surface area is 132 Å². The molecule has 21 heavy (non-hydrogen) atoms. The van der Waals surface area contributed by atoms with Crippen LogP contribution in [0.2, 0.25) is 10.3 Å². The Morgan fingerprint density at radius 1 is 1.00 bits per heavy atom. The summed E-state index contributed by atoms with van der Waals surface area (Å²) in [5.74, 6) is 1.90.